The van der Waals surface area contributed by atoms with E-state index in [4.69, 9.17) is 16.7 Å². The molecule has 0 aliphatic carbocycles. The Morgan fingerprint density at radius 3 is 2.85 bits per heavy atom. The molecule has 2 heterocycles. The predicted molar refractivity (Wildman–Crippen MR) is 96.6 cm³/mol. The van der Waals surface area contributed by atoms with E-state index in [1.807, 2.05) is 18.2 Å². The third kappa shape index (κ3) is 3.88. The van der Waals surface area contributed by atoms with E-state index >= 15 is 0 Å². The molecular formula is C18H21ClN4O3. The molecule has 0 spiro atoms. The van der Waals surface area contributed by atoms with E-state index in [1.165, 1.54) is 0 Å². The van der Waals surface area contributed by atoms with Crippen molar-refractivity contribution in [1.82, 2.24) is 19.9 Å². The molecule has 0 radical (unpaired) electrons. The summed E-state index contributed by atoms with van der Waals surface area (Å²) in [5, 5.41) is 17.6. The van der Waals surface area contributed by atoms with Crippen LogP contribution in [0, 0.1) is 12.8 Å². The zero-order valence-electron chi connectivity index (χ0n) is 14.6. The Morgan fingerprint density at radius 2 is 2.12 bits per heavy atom. The number of aliphatic carboxylic acids is 1. The van der Waals surface area contributed by atoms with Crippen molar-refractivity contribution in [3.63, 3.8) is 0 Å². The maximum absolute atomic E-state index is 12.9. The van der Waals surface area contributed by atoms with Gasteiger partial charge in [0.15, 0.2) is 5.69 Å². The molecule has 1 fully saturated rings. The summed E-state index contributed by atoms with van der Waals surface area (Å²) in [6, 6.07) is 7.26. The highest BCUT2D eigenvalue weighted by Crippen LogP contribution is 2.24. The first-order valence-corrected chi connectivity index (χ1v) is 9.03. The maximum atomic E-state index is 12.9. The first kappa shape index (κ1) is 18.4. The predicted octanol–water partition coefficient (Wildman–Crippen LogP) is 2.95. The number of para-hydroxylation sites is 1. The fraction of sp³-hybridized carbons (Fsp3) is 0.444. The molecule has 1 N–H and O–H groups in total. The fourth-order valence-electron chi connectivity index (χ4n) is 3.34. The molecular weight excluding hydrogens is 356 g/mol. The summed E-state index contributed by atoms with van der Waals surface area (Å²) >= 11 is 6.22. The third-order valence-electron chi connectivity index (χ3n) is 4.75. The van der Waals surface area contributed by atoms with Gasteiger partial charge in [-0.25, -0.2) is 4.68 Å². The summed E-state index contributed by atoms with van der Waals surface area (Å²) in [4.78, 5) is 25.4. The van der Waals surface area contributed by atoms with E-state index in [0.29, 0.717) is 41.6 Å². The van der Waals surface area contributed by atoms with Crippen molar-refractivity contribution in [1.29, 1.82) is 0 Å². The molecule has 138 valence electrons. The molecule has 0 saturated carbocycles. The van der Waals surface area contributed by atoms with E-state index in [9.17, 15) is 9.59 Å². The minimum absolute atomic E-state index is 0.133. The first-order chi connectivity index (χ1) is 12.5. The topological polar surface area (TPSA) is 88.3 Å². The van der Waals surface area contributed by atoms with Crippen LogP contribution in [0.3, 0.4) is 0 Å². The van der Waals surface area contributed by atoms with Gasteiger partial charge in [0.05, 0.1) is 16.4 Å². The number of piperidine rings is 1. The van der Waals surface area contributed by atoms with Gasteiger partial charge in [-0.3, -0.25) is 9.59 Å². The van der Waals surface area contributed by atoms with Crippen molar-refractivity contribution in [3.05, 3.63) is 40.7 Å². The van der Waals surface area contributed by atoms with Gasteiger partial charge in [0.2, 0.25) is 0 Å². The maximum Gasteiger partial charge on any atom is 0.303 e. The number of amides is 1. The molecule has 1 atom stereocenters. The van der Waals surface area contributed by atoms with Crippen LogP contribution in [0.1, 0.15) is 41.9 Å². The smallest absolute Gasteiger partial charge is 0.303 e. The lowest BCUT2D eigenvalue weighted by molar-refractivity contribution is -0.137. The number of hydrogen-bond donors (Lipinski definition) is 1. The van der Waals surface area contributed by atoms with Gasteiger partial charge in [0.1, 0.15) is 0 Å². The van der Waals surface area contributed by atoms with Gasteiger partial charge in [-0.1, -0.05) is 28.9 Å². The molecule has 2 aromatic rings. The molecule has 1 aliphatic rings. The van der Waals surface area contributed by atoms with Crippen LogP contribution in [0.5, 0.6) is 0 Å². The first-order valence-electron chi connectivity index (χ1n) is 8.65. The van der Waals surface area contributed by atoms with Crippen LogP contribution in [0.15, 0.2) is 24.3 Å². The Kier molecular flexibility index (Phi) is 5.56. The lowest BCUT2D eigenvalue weighted by Crippen LogP contribution is -2.40. The highest BCUT2D eigenvalue weighted by molar-refractivity contribution is 6.32. The second-order valence-electron chi connectivity index (χ2n) is 6.58. The number of carboxylic acids is 1. The molecule has 26 heavy (non-hydrogen) atoms. The van der Waals surface area contributed by atoms with Crippen molar-refractivity contribution < 1.29 is 14.7 Å². The minimum atomic E-state index is -0.799. The van der Waals surface area contributed by atoms with Crippen molar-refractivity contribution >= 4 is 23.5 Å². The zero-order valence-corrected chi connectivity index (χ0v) is 15.3. The van der Waals surface area contributed by atoms with Crippen LogP contribution >= 0.6 is 11.6 Å². The van der Waals surface area contributed by atoms with Crippen LogP contribution in [-0.2, 0) is 4.79 Å². The highest BCUT2D eigenvalue weighted by atomic mass is 35.5. The Balaban J connectivity index is 1.76. The van der Waals surface area contributed by atoms with Crippen molar-refractivity contribution in [2.24, 2.45) is 5.92 Å². The third-order valence-corrected chi connectivity index (χ3v) is 5.07. The Bertz CT molecular complexity index is 821. The number of carboxylic acid groups (broad SMARTS) is 1. The molecule has 3 rings (SSSR count). The number of carbonyl (C=O) groups excluding carboxylic acids is 1. The summed E-state index contributed by atoms with van der Waals surface area (Å²) in [6.45, 7) is 3.01. The molecule has 1 amide bonds. The van der Waals surface area contributed by atoms with Gasteiger partial charge < -0.3 is 10.0 Å². The van der Waals surface area contributed by atoms with Crippen molar-refractivity contribution in [2.45, 2.75) is 32.6 Å². The number of likely N-dealkylation sites (tertiary alicyclic amines) is 1. The molecule has 1 aromatic carbocycles. The summed E-state index contributed by atoms with van der Waals surface area (Å²) < 4.78 is 1.57. The number of nitrogens with zero attached hydrogens (tertiary/aromatic N) is 4. The average Bonchev–Trinajstić information content (AvgIpc) is 3.01. The number of halogens is 1. The lowest BCUT2D eigenvalue weighted by atomic mass is 9.93. The van der Waals surface area contributed by atoms with Crippen molar-refractivity contribution in [2.75, 3.05) is 13.1 Å². The molecule has 0 unspecified atom stereocenters. The van der Waals surface area contributed by atoms with E-state index in [2.05, 4.69) is 10.3 Å². The second kappa shape index (κ2) is 7.86. The van der Waals surface area contributed by atoms with Crippen LogP contribution in [0.25, 0.3) is 5.69 Å². The molecule has 1 aliphatic heterocycles. The van der Waals surface area contributed by atoms with Gasteiger partial charge in [0, 0.05) is 19.5 Å². The van der Waals surface area contributed by atoms with Gasteiger partial charge in [-0.2, -0.15) is 0 Å². The van der Waals surface area contributed by atoms with Gasteiger partial charge in [-0.15, -0.1) is 5.10 Å². The number of aromatic nitrogens is 3. The monoisotopic (exact) mass is 376 g/mol. The Hall–Kier alpha value is -2.41. The summed E-state index contributed by atoms with van der Waals surface area (Å²) in [7, 11) is 0. The van der Waals surface area contributed by atoms with E-state index in [0.717, 1.165) is 12.8 Å². The normalized spacial score (nSPS) is 17.3. The van der Waals surface area contributed by atoms with Crippen LogP contribution < -0.4 is 0 Å². The summed E-state index contributed by atoms with van der Waals surface area (Å²) in [5.74, 6) is -0.754. The Labute approximate surface area is 156 Å². The lowest BCUT2D eigenvalue weighted by Gasteiger charge is -2.32. The molecule has 1 saturated heterocycles. The number of hydrogen-bond acceptors (Lipinski definition) is 4. The number of benzene rings is 1. The van der Waals surface area contributed by atoms with E-state index in [1.54, 1.807) is 22.6 Å². The zero-order chi connectivity index (χ0) is 18.7. The van der Waals surface area contributed by atoms with Gasteiger partial charge >= 0.3 is 5.97 Å². The summed E-state index contributed by atoms with van der Waals surface area (Å²) in [6.07, 6.45) is 2.54. The Morgan fingerprint density at radius 1 is 1.35 bits per heavy atom. The number of carbonyl (C=O) groups is 2. The van der Waals surface area contributed by atoms with Crippen molar-refractivity contribution in [3.8, 4) is 5.69 Å². The molecule has 7 nitrogen and oxygen atoms in total. The second-order valence-corrected chi connectivity index (χ2v) is 6.99. The van der Waals surface area contributed by atoms with Crippen LogP contribution in [0.4, 0.5) is 0 Å². The van der Waals surface area contributed by atoms with Gasteiger partial charge in [0.25, 0.3) is 5.91 Å². The van der Waals surface area contributed by atoms with E-state index in [-0.39, 0.29) is 18.2 Å². The fourth-order valence-corrected chi connectivity index (χ4v) is 3.56. The quantitative estimate of drug-likeness (QED) is 0.866. The summed E-state index contributed by atoms with van der Waals surface area (Å²) in [5.41, 5.74) is 1.62. The van der Waals surface area contributed by atoms with Crippen LogP contribution in [-0.4, -0.2) is 50.0 Å². The molecule has 8 heteroatoms. The highest BCUT2D eigenvalue weighted by Gasteiger charge is 2.28. The van der Waals surface area contributed by atoms with Gasteiger partial charge in [-0.05, 0) is 44.2 Å². The molecule has 0 bridgehead atoms. The van der Waals surface area contributed by atoms with Crippen LogP contribution in [0.2, 0.25) is 5.02 Å². The SMILES string of the molecule is Cc1c(C(=O)N2CCC[C@H](CCC(=O)O)C2)nnn1-c1ccccc1Cl. The average molecular weight is 377 g/mol. The largest absolute Gasteiger partial charge is 0.481 e. The van der Waals surface area contributed by atoms with E-state index < -0.39 is 5.97 Å². The minimum Gasteiger partial charge on any atom is -0.481 e. The molecule has 1 aromatic heterocycles. The standard InChI is InChI=1S/C18H21ClN4O3/c1-12-17(20-21-23(12)15-7-3-2-6-14(15)19)18(26)22-10-4-5-13(11-22)8-9-16(24)25/h2-3,6-7,13H,4-5,8-11H2,1H3,(H,24,25)/t13-/m1/s1. The number of rotatable bonds is 5.